The van der Waals surface area contributed by atoms with Gasteiger partial charge in [0.1, 0.15) is 11.6 Å². The zero-order valence-corrected chi connectivity index (χ0v) is 13.5. The molecule has 2 aromatic heterocycles. The average molecular weight is 327 g/mol. The Morgan fingerprint density at radius 3 is 2.88 bits per heavy atom. The molecule has 0 radical (unpaired) electrons. The summed E-state index contributed by atoms with van der Waals surface area (Å²) in [4.78, 5) is 12.5. The first-order valence-electron chi connectivity index (χ1n) is 8.04. The second-order valence-corrected chi connectivity index (χ2v) is 6.21. The number of anilines is 1. The number of aromatic amines is 1. The number of benzene rings is 1. The summed E-state index contributed by atoms with van der Waals surface area (Å²) in [6, 6.07) is 6.37. The van der Waals surface area contributed by atoms with Crippen molar-refractivity contribution in [3.05, 3.63) is 41.3 Å². The molecule has 124 valence electrons. The van der Waals surface area contributed by atoms with Gasteiger partial charge in [0, 0.05) is 13.0 Å². The molecule has 6 nitrogen and oxygen atoms in total. The molecule has 1 aliphatic rings. The molecule has 0 unspecified atom stereocenters. The predicted molar refractivity (Wildman–Crippen MR) is 88.1 cm³/mol. The van der Waals surface area contributed by atoms with Crippen molar-refractivity contribution in [2.45, 2.75) is 25.7 Å². The molecule has 7 heteroatoms. The van der Waals surface area contributed by atoms with Crippen molar-refractivity contribution in [1.82, 2.24) is 20.0 Å². The van der Waals surface area contributed by atoms with Crippen LogP contribution in [0.2, 0.25) is 0 Å². The summed E-state index contributed by atoms with van der Waals surface area (Å²) in [5.74, 6) is 0.369. The lowest BCUT2D eigenvalue weighted by Crippen LogP contribution is -2.15. The van der Waals surface area contributed by atoms with E-state index in [4.69, 9.17) is 0 Å². The first-order chi connectivity index (χ1) is 11.6. The van der Waals surface area contributed by atoms with E-state index in [1.807, 2.05) is 14.0 Å². The predicted octanol–water partition coefficient (Wildman–Crippen LogP) is 2.74. The fourth-order valence-corrected chi connectivity index (χ4v) is 3.24. The van der Waals surface area contributed by atoms with Gasteiger partial charge in [-0.2, -0.15) is 10.2 Å². The largest absolute Gasteiger partial charge is 0.310 e. The van der Waals surface area contributed by atoms with Crippen LogP contribution in [0.5, 0.6) is 0 Å². The Kier molecular flexibility index (Phi) is 3.37. The van der Waals surface area contributed by atoms with Crippen LogP contribution >= 0.6 is 0 Å². The lowest BCUT2D eigenvalue weighted by molar-refractivity contribution is -0.117. The second-order valence-electron chi connectivity index (χ2n) is 6.21. The summed E-state index contributed by atoms with van der Waals surface area (Å²) < 4.78 is 14.7. The van der Waals surface area contributed by atoms with Gasteiger partial charge < -0.3 is 5.32 Å². The van der Waals surface area contributed by atoms with E-state index in [0.717, 1.165) is 35.1 Å². The average Bonchev–Trinajstić information content (AvgIpc) is 3.17. The SMILES string of the molecule is CCc1nn(C)c2n[nH]c(NC(=O)[C@@H]3C[C@H]3c3ccc(F)cc3)c12. The number of H-pyrrole nitrogens is 1. The second kappa shape index (κ2) is 5.43. The molecule has 24 heavy (non-hydrogen) atoms. The maximum absolute atomic E-state index is 13.0. The number of hydrogen-bond acceptors (Lipinski definition) is 3. The van der Waals surface area contributed by atoms with Gasteiger partial charge in [-0.05, 0) is 36.5 Å². The maximum Gasteiger partial charge on any atom is 0.229 e. The number of carbonyl (C=O) groups is 1. The van der Waals surface area contributed by atoms with Gasteiger partial charge in [-0.15, -0.1) is 0 Å². The summed E-state index contributed by atoms with van der Waals surface area (Å²) >= 11 is 0. The van der Waals surface area contributed by atoms with Crippen LogP contribution in [0.25, 0.3) is 11.0 Å². The smallest absolute Gasteiger partial charge is 0.229 e. The van der Waals surface area contributed by atoms with Crippen LogP contribution in [0.1, 0.15) is 30.5 Å². The molecule has 0 saturated heterocycles. The number of carbonyl (C=O) groups excluding carboxylic acids is 1. The number of amides is 1. The highest BCUT2D eigenvalue weighted by Gasteiger charge is 2.44. The van der Waals surface area contributed by atoms with Crippen LogP contribution in [0, 0.1) is 11.7 Å². The Morgan fingerprint density at radius 2 is 2.17 bits per heavy atom. The number of nitrogens with one attached hydrogen (secondary N) is 2. The summed E-state index contributed by atoms with van der Waals surface area (Å²) in [6.45, 7) is 2.02. The summed E-state index contributed by atoms with van der Waals surface area (Å²) in [5, 5.41) is 15.3. The van der Waals surface area contributed by atoms with E-state index in [1.54, 1.807) is 16.8 Å². The van der Waals surface area contributed by atoms with Gasteiger partial charge in [0.2, 0.25) is 5.91 Å². The molecule has 1 aliphatic carbocycles. The normalized spacial score (nSPS) is 19.6. The van der Waals surface area contributed by atoms with E-state index < -0.39 is 0 Å². The van der Waals surface area contributed by atoms with Gasteiger partial charge in [0.05, 0.1) is 11.1 Å². The first kappa shape index (κ1) is 14.9. The highest BCUT2D eigenvalue weighted by molar-refractivity contribution is 6.02. The molecule has 0 bridgehead atoms. The first-order valence-corrected chi connectivity index (χ1v) is 8.04. The van der Waals surface area contributed by atoms with E-state index >= 15 is 0 Å². The minimum atomic E-state index is -0.260. The molecular formula is C17H18FN5O. The Bertz CT molecular complexity index is 911. The van der Waals surface area contributed by atoms with E-state index in [9.17, 15) is 9.18 Å². The van der Waals surface area contributed by atoms with Crippen molar-refractivity contribution in [3.63, 3.8) is 0 Å². The number of fused-ring (bicyclic) bond motifs is 1. The number of rotatable bonds is 4. The van der Waals surface area contributed by atoms with Crippen LogP contribution in [-0.2, 0) is 18.3 Å². The highest BCUT2D eigenvalue weighted by atomic mass is 19.1. The van der Waals surface area contributed by atoms with Gasteiger partial charge in [-0.1, -0.05) is 19.1 Å². The van der Waals surface area contributed by atoms with Crippen LogP contribution in [0.4, 0.5) is 10.2 Å². The lowest BCUT2D eigenvalue weighted by Gasteiger charge is -2.03. The number of aromatic nitrogens is 4. The summed E-state index contributed by atoms with van der Waals surface area (Å²) in [6.07, 6.45) is 1.55. The van der Waals surface area contributed by atoms with Crippen molar-refractivity contribution >= 4 is 22.8 Å². The Labute approximate surface area is 138 Å². The van der Waals surface area contributed by atoms with Gasteiger partial charge in [-0.25, -0.2) is 9.07 Å². The minimum Gasteiger partial charge on any atom is -0.310 e. The fourth-order valence-electron chi connectivity index (χ4n) is 3.24. The third-order valence-electron chi connectivity index (χ3n) is 4.62. The van der Waals surface area contributed by atoms with Crippen molar-refractivity contribution in [2.75, 3.05) is 5.32 Å². The Hall–Kier alpha value is -2.70. The van der Waals surface area contributed by atoms with E-state index in [2.05, 4.69) is 20.6 Å². The lowest BCUT2D eigenvalue weighted by atomic mass is 10.1. The van der Waals surface area contributed by atoms with Crippen LogP contribution < -0.4 is 5.32 Å². The highest BCUT2D eigenvalue weighted by Crippen LogP contribution is 2.48. The summed E-state index contributed by atoms with van der Waals surface area (Å²) in [5.41, 5.74) is 2.64. The number of hydrogen-bond donors (Lipinski definition) is 2. The number of halogens is 1. The molecule has 1 amide bonds. The van der Waals surface area contributed by atoms with Crippen LogP contribution in [-0.4, -0.2) is 25.9 Å². The molecule has 1 fully saturated rings. The van der Waals surface area contributed by atoms with Gasteiger partial charge in [-0.3, -0.25) is 9.89 Å². The fraction of sp³-hybridized carbons (Fsp3) is 0.353. The number of nitrogens with zero attached hydrogens (tertiary/aromatic N) is 3. The minimum absolute atomic E-state index is 0.0409. The van der Waals surface area contributed by atoms with Gasteiger partial charge in [0.25, 0.3) is 0 Å². The third kappa shape index (κ3) is 2.36. The monoisotopic (exact) mass is 327 g/mol. The van der Waals surface area contributed by atoms with Crippen LogP contribution in [0.15, 0.2) is 24.3 Å². The van der Waals surface area contributed by atoms with Crippen LogP contribution in [0.3, 0.4) is 0 Å². The zero-order chi connectivity index (χ0) is 16.8. The van der Waals surface area contributed by atoms with E-state index in [-0.39, 0.29) is 23.6 Å². The van der Waals surface area contributed by atoms with Crippen molar-refractivity contribution in [1.29, 1.82) is 0 Å². The quantitative estimate of drug-likeness (QED) is 0.773. The molecule has 0 aliphatic heterocycles. The molecule has 2 heterocycles. The molecule has 2 N–H and O–H groups in total. The van der Waals surface area contributed by atoms with E-state index in [0.29, 0.717) is 5.82 Å². The molecule has 1 saturated carbocycles. The molecule has 2 atom stereocenters. The molecule has 4 rings (SSSR count). The molecule has 1 aromatic carbocycles. The number of aryl methyl sites for hydroxylation is 2. The zero-order valence-electron chi connectivity index (χ0n) is 13.5. The topological polar surface area (TPSA) is 75.6 Å². The Balaban J connectivity index is 1.52. The van der Waals surface area contributed by atoms with Gasteiger partial charge >= 0.3 is 0 Å². The van der Waals surface area contributed by atoms with Gasteiger partial charge in [0.15, 0.2) is 5.65 Å². The Morgan fingerprint density at radius 1 is 1.42 bits per heavy atom. The van der Waals surface area contributed by atoms with Crippen molar-refractivity contribution in [2.24, 2.45) is 13.0 Å². The maximum atomic E-state index is 13.0. The molecule has 3 aromatic rings. The molecule has 0 spiro atoms. The van der Waals surface area contributed by atoms with Crippen molar-refractivity contribution < 1.29 is 9.18 Å². The van der Waals surface area contributed by atoms with E-state index in [1.165, 1.54) is 12.1 Å². The molecular weight excluding hydrogens is 309 g/mol. The summed E-state index contributed by atoms with van der Waals surface area (Å²) in [7, 11) is 1.83. The third-order valence-corrected chi connectivity index (χ3v) is 4.62. The standard InChI is InChI=1S/C17H18FN5O/c1-3-13-14-15(20-21-16(14)23(2)22-13)19-17(24)12-8-11(12)9-4-6-10(18)7-5-9/h4-7,11-12H,3,8H2,1-2H3,(H2,19,20,21,24)/t11-,12+/m0/s1. The van der Waals surface area contributed by atoms with Crippen molar-refractivity contribution in [3.8, 4) is 0 Å².